The maximum absolute atomic E-state index is 6.03. The average Bonchev–Trinajstić information content (AvgIpc) is 2.61. The molecular formula is C10H13ClN2. The van der Waals surface area contributed by atoms with Gasteiger partial charge in [0.05, 0.1) is 0 Å². The highest BCUT2D eigenvalue weighted by atomic mass is 35.5. The van der Waals surface area contributed by atoms with Crippen molar-refractivity contribution in [1.29, 1.82) is 0 Å². The van der Waals surface area contributed by atoms with E-state index in [1.165, 1.54) is 12.8 Å². The zero-order chi connectivity index (χ0) is 9.10. The van der Waals surface area contributed by atoms with E-state index < -0.39 is 0 Å². The van der Waals surface area contributed by atoms with Crippen LogP contribution in [0.4, 0.5) is 0 Å². The lowest BCUT2D eigenvalue weighted by molar-refractivity contribution is 0.602. The Labute approximate surface area is 83.3 Å². The van der Waals surface area contributed by atoms with Crippen molar-refractivity contribution in [2.45, 2.75) is 25.3 Å². The minimum atomic E-state index is 0.599. The van der Waals surface area contributed by atoms with Gasteiger partial charge in [-0.3, -0.25) is 4.98 Å². The Morgan fingerprint density at radius 1 is 1.62 bits per heavy atom. The van der Waals surface area contributed by atoms with Crippen LogP contribution in [0.2, 0.25) is 5.02 Å². The molecule has 0 amide bonds. The minimum Gasteiger partial charge on any atom is -0.314 e. The van der Waals surface area contributed by atoms with E-state index in [0.29, 0.717) is 6.04 Å². The SMILES string of the molecule is Clc1ccncc1CC1CCCN1. The molecule has 1 unspecified atom stereocenters. The molecule has 70 valence electrons. The van der Waals surface area contributed by atoms with Gasteiger partial charge in [-0.15, -0.1) is 0 Å². The van der Waals surface area contributed by atoms with E-state index in [4.69, 9.17) is 11.6 Å². The Balaban J connectivity index is 2.04. The third kappa shape index (κ3) is 2.20. The maximum Gasteiger partial charge on any atom is 0.0469 e. The van der Waals surface area contributed by atoms with Gasteiger partial charge in [-0.25, -0.2) is 0 Å². The number of nitrogens with one attached hydrogen (secondary N) is 1. The fraction of sp³-hybridized carbons (Fsp3) is 0.500. The minimum absolute atomic E-state index is 0.599. The Bertz CT molecular complexity index is 282. The molecule has 13 heavy (non-hydrogen) atoms. The number of pyridine rings is 1. The van der Waals surface area contributed by atoms with Crippen molar-refractivity contribution < 1.29 is 0 Å². The van der Waals surface area contributed by atoms with Crippen LogP contribution < -0.4 is 5.32 Å². The fourth-order valence-electron chi connectivity index (χ4n) is 1.76. The standard InChI is InChI=1S/C10H13ClN2/c11-10-3-5-12-7-8(10)6-9-2-1-4-13-9/h3,5,7,9,13H,1-2,4,6H2. The van der Waals surface area contributed by atoms with Gasteiger partial charge in [-0.05, 0) is 37.4 Å². The molecule has 1 N–H and O–H groups in total. The van der Waals surface area contributed by atoms with E-state index in [1.807, 2.05) is 12.3 Å². The summed E-state index contributed by atoms with van der Waals surface area (Å²) >= 11 is 6.03. The zero-order valence-corrected chi connectivity index (χ0v) is 8.22. The van der Waals surface area contributed by atoms with Crippen LogP contribution in [0, 0.1) is 0 Å². The molecule has 0 saturated carbocycles. The molecule has 0 radical (unpaired) electrons. The van der Waals surface area contributed by atoms with Crippen LogP contribution in [-0.4, -0.2) is 17.6 Å². The van der Waals surface area contributed by atoms with Crippen molar-refractivity contribution >= 4 is 11.6 Å². The van der Waals surface area contributed by atoms with Gasteiger partial charge >= 0.3 is 0 Å². The lowest BCUT2D eigenvalue weighted by atomic mass is 10.1. The normalized spacial score (nSPS) is 22.1. The summed E-state index contributed by atoms with van der Waals surface area (Å²) < 4.78 is 0. The van der Waals surface area contributed by atoms with Crippen molar-refractivity contribution in [3.05, 3.63) is 29.0 Å². The largest absolute Gasteiger partial charge is 0.314 e. The second-order valence-corrected chi connectivity index (χ2v) is 3.87. The van der Waals surface area contributed by atoms with E-state index in [-0.39, 0.29) is 0 Å². The first-order valence-corrected chi connectivity index (χ1v) is 5.06. The molecular weight excluding hydrogens is 184 g/mol. The van der Waals surface area contributed by atoms with Crippen molar-refractivity contribution in [3.63, 3.8) is 0 Å². The lowest BCUT2D eigenvalue weighted by Crippen LogP contribution is -2.23. The molecule has 0 spiro atoms. The molecule has 3 heteroatoms. The molecule has 1 aliphatic heterocycles. The summed E-state index contributed by atoms with van der Waals surface area (Å²) in [4.78, 5) is 4.08. The van der Waals surface area contributed by atoms with Crippen molar-refractivity contribution in [3.8, 4) is 0 Å². The highest BCUT2D eigenvalue weighted by Gasteiger charge is 2.15. The average molecular weight is 197 g/mol. The topological polar surface area (TPSA) is 24.9 Å². The Morgan fingerprint density at radius 3 is 3.23 bits per heavy atom. The molecule has 2 heterocycles. The van der Waals surface area contributed by atoms with E-state index >= 15 is 0 Å². The van der Waals surface area contributed by atoms with Gasteiger partial charge in [0.1, 0.15) is 0 Å². The molecule has 1 fully saturated rings. The smallest absolute Gasteiger partial charge is 0.0469 e. The summed E-state index contributed by atoms with van der Waals surface area (Å²) in [7, 11) is 0. The van der Waals surface area contributed by atoms with Gasteiger partial charge < -0.3 is 5.32 Å². The monoisotopic (exact) mass is 196 g/mol. The van der Waals surface area contributed by atoms with E-state index in [2.05, 4.69) is 10.3 Å². The van der Waals surface area contributed by atoms with E-state index in [9.17, 15) is 0 Å². The first-order chi connectivity index (χ1) is 6.36. The lowest BCUT2D eigenvalue weighted by Gasteiger charge is -2.10. The molecule has 1 aromatic heterocycles. The molecule has 1 aromatic rings. The molecule has 1 saturated heterocycles. The third-order valence-electron chi connectivity index (χ3n) is 2.47. The molecule has 1 atom stereocenters. The van der Waals surface area contributed by atoms with Crippen LogP contribution in [0.3, 0.4) is 0 Å². The van der Waals surface area contributed by atoms with Gasteiger partial charge in [-0.1, -0.05) is 11.6 Å². The van der Waals surface area contributed by atoms with Crippen molar-refractivity contribution in [1.82, 2.24) is 10.3 Å². The number of hydrogen-bond acceptors (Lipinski definition) is 2. The summed E-state index contributed by atoms with van der Waals surface area (Å²) in [6.07, 6.45) is 7.14. The van der Waals surface area contributed by atoms with Gasteiger partial charge in [0.15, 0.2) is 0 Å². The number of rotatable bonds is 2. The number of aromatic nitrogens is 1. The zero-order valence-electron chi connectivity index (χ0n) is 7.46. The molecule has 0 aliphatic carbocycles. The van der Waals surface area contributed by atoms with Crippen LogP contribution in [0.1, 0.15) is 18.4 Å². The predicted molar refractivity (Wildman–Crippen MR) is 54.0 cm³/mol. The molecule has 0 aromatic carbocycles. The van der Waals surface area contributed by atoms with E-state index in [0.717, 1.165) is 23.6 Å². The second-order valence-electron chi connectivity index (χ2n) is 3.46. The Morgan fingerprint density at radius 2 is 2.54 bits per heavy atom. The fourth-order valence-corrected chi connectivity index (χ4v) is 1.94. The second kappa shape index (κ2) is 4.07. The van der Waals surface area contributed by atoms with Crippen molar-refractivity contribution in [2.75, 3.05) is 6.54 Å². The summed E-state index contributed by atoms with van der Waals surface area (Å²) in [5.41, 5.74) is 1.16. The summed E-state index contributed by atoms with van der Waals surface area (Å²) in [6.45, 7) is 1.14. The summed E-state index contributed by atoms with van der Waals surface area (Å²) in [6, 6.07) is 2.45. The van der Waals surface area contributed by atoms with Crippen LogP contribution in [0.5, 0.6) is 0 Å². The van der Waals surface area contributed by atoms with Crippen LogP contribution >= 0.6 is 11.6 Å². The highest BCUT2D eigenvalue weighted by Crippen LogP contribution is 2.18. The number of nitrogens with zero attached hydrogens (tertiary/aromatic N) is 1. The highest BCUT2D eigenvalue weighted by molar-refractivity contribution is 6.31. The third-order valence-corrected chi connectivity index (χ3v) is 2.84. The molecule has 2 nitrogen and oxygen atoms in total. The maximum atomic E-state index is 6.03. The van der Waals surface area contributed by atoms with E-state index in [1.54, 1.807) is 6.20 Å². The molecule has 1 aliphatic rings. The van der Waals surface area contributed by atoms with Crippen LogP contribution in [-0.2, 0) is 6.42 Å². The summed E-state index contributed by atoms with van der Waals surface area (Å²) in [5.74, 6) is 0. The summed E-state index contributed by atoms with van der Waals surface area (Å²) in [5, 5.41) is 4.28. The van der Waals surface area contributed by atoms with Crippen LogP contribution in [0.25, 0.3) is 0 Å². The Hall–Kier alpha value is -0.600. The predicted octanol–water partition coefficient (Wildman–Crippen LogP) is 2.03. The number of halogens is 1. The van der Waals surface area contributed by atoms with Crippen LogP contribution in [0.15, 0.2) is 18.5 Å². The quantitative estimate of drug-likeness (QED) is 0.783. The van der Waals surface area contributed by atoms with Gasteiger partial charge in [0.2, 0.25) is 0 Å². The number of hydrogen-bond donors (Lipinski definition) is 1. The van der Waals surface area contributed by atoms with Gasteiger partial charge in [0.25, 0.3) is 0 Å². The van der Waals surface area contributed by atoms with Gasteiger partial charge in [-0.2, -0.15) is 0 Å². The molecule has 0 bridgehead atoms. The van der Waals surface area contributed by atoms with Gasteiger partial charge in [0, 0.05) is 23.5 Å². The first-order valence-electron chi connectivity index (χ1n) is 4.68. The molecule has 2 rings (SSSR count). The van der Waals surface area contributed by atoms with Crippen molar-refractivity contribution in [2.24, 2.45) is 0 Å². The first kappa shape index (κ1) is 8.97. The Kier molecular flexibility index (Phi) is 2.81.